The molecule has 0 spiro atoms. The van der Waals surface area contributed by atoms with Gasteiger partial charge >= 0.3 is 0 Å². The van der Waals surface area contributed by atoms with Crippen LogP contribution in [0, 0.1) is 12.3 Å². The van der Waals surface area contributed by atoms with Crippen molar-refractivity contribution in [3.05, 3.63) is 35.1 Å². The number of rotatable bonds is 3. The first-order valence-electron chi connectivity index (χ1n) is 5.72. The number of terminal acetylenes is 1. The Kier molecular flexibility index (Phi) is 3.59. The van der Waals surface area contributed by atoms with Gasteiger partial charge in [0.25, 0.3) is 0 Å². The van der Waals surface area contributed by atoms with Crippen LogP contribution in [0.3, 0.4) is 0 Å². The molecule has 0 saturated carbocycles. The Bertz CT molecular complexity index is 608. The van der Waals surface area contributed by atoms with Crippen molar-refractivity contribution in [2.75, 3.05) is 5.73 Å². The van der Waals surface area contributed by atoms with Gasteiger partial charge < -0.3 is 10.3 Å². The van der Waals surface area contributed by atoms with Gasteiger partial charge in [-0.05, 0) is 6.07 Å². The molecule has 1 heterocycles. The van der Waals surface area contributed by atoms with E-state index in [4.69, 9.17) is 23.8 Å². The van der Waals surface area contributed by atoms with Gasteiger partial charge in [-0.15, -0.1) is 6.42 Å². The van der Waals surface area contributed by atoms with Crippen molar-refractivity contribution in [2.45, 2.75) is 19.9 Å². The summed E-state index contributed by atoms with van der Waals surface area (Å²) in [5.74, 6) is 4.03. The molecule has 1 aromatic heterocycles. The molecule has 0 radical (unpaired) electrons. The van der Waals surface area contributed by atoms with E-state index in [1.54, 1.807) is 0 Å². The molecule has 0 atom stereocenters. The SMILES string of the molecule is C#CCn1c(CC)nc(-c2ccccc2Cl)c1N. The van der Waals surface area contributed by atoms with Crippen molar-refractivity contribution >= 4 is 17.4 Å². The third-order valence-corrected chi connectivity index (χ3v) is 3.11. The van der Waals surface area contributed by atoms with Crippen molar-refractivity contribution in [1.29, 1.82) is 0 Å². The van der Waals surface area contributed by atoms with Crippen molar-refractivity contribution in [3.8, 4) is 23.6 Å². The fourth-order valence-electron chi connectivity index (χ4n) is 1.90. The Hall–Kier alpha value is -1.92. The molecule has 0 bridgehead atoms. The van der Waals surface area contributed by atoms with Gasteiger partial charge in [-0.2, -0.15) is 0 Å². The van der Waals surface area contributed by atoms with E-state index in [1.807, 2.05) is 35.8 Å². The van der Waals surface area contributed by atoms with Crippen LogP contribution in [0.25, 0.3) is 11.3 Å². The van der Waals surface area contributed by atoms with Crippen LogP contribution < -0.4 is 5.73 Å². The lowest BCUT2D eigenvalue weighted by Gasteiger charge is -2.04. The molecular formula is C14H14ClN3. The molecule has 92 valence electrons. The summed E-state index contributed by atoms with van der Waals surface area (Å²) in [6.07, 6.45) is 6.12. The topological polar surface area (TPSA) is 43.8 Å². The van der Waals surface area contributed by atoms with Crippen molar-refractivity contribution in [3.63, 3.8) is 0 Å². The summed E-state index contributed by atoms with van der Waals surface area (Å²) in [5, 5.41) is 0.636. The molecule has 1 aromatic carbocycles. The minimum Gasteiger partial charge on any atom is -0.383 e. The van der Waals surface area contributed by atoms with Crippen molar-refractivity contribution < 1.29 is 0 Å². The highest BCUT2D eigenvalue weighted by Gasteiger charge is 2.16. The molecule has 2 N–H and O–H groups in total. The maximum atomic E-state index is 6.17. The fraction of sp³-hybridized carbons (Fsp3) is 0.214. The van der Waals surface area contributed by atoms with Crippen LogP contribution >= 0.6 is 11.6 Å². The highest BCUT2D eigenvalue weighted by Crippen LogP contribution is 2.31. The van der Waals surface area contributed by atoms with Crippen molar-refractivity contribution in [1.82, 2.24) is 9.55 Å². The number of nitrogen functional groups attached to an aromatic ring is 1. The Morgan fingerprint density at radius 2 is 2.17 bits per heavy atom. The van der Waals surface area contributed by atoms with Gasteiger partial charge in [-0.1, -0.05) is 42.6 Å². The molecule has 0 aliphatic carbocycles. The molecular weight excluding hydrogens is 246 g/mol. The zero-order valence-corrected chi connectivity index (χ0v) is 10.9. The second-order valence-corrected chi connectivity index (χ2v) is 4.29. The molecule has 0 fully saturated rings. The largest absolute Gasteiger partial charge is 0.383 e. The van der Waals surface area contributed by atoms with E-state index < -0.39 is 0 Å². The quantitative estimate of drug-likeness (QED) is 0.862. The van der Waals surface area contributed by atoms with Gasteiger partial charge in [-0.3, -0.25) is 0 Å². The maximum Gasteiger partial charge on any atom is 0.132 e. The Balaban J connectivity index is 2.60. The number of halogens is 1. The summed E-state index contributed by atoms with van der Waals surface area (Å²) in [6.45, 7) is 2.44. The minimum atomic E-state index is 0.423. The average Bonchev–Trinajstić information content (AvgIpc) is 2.68. The second kappa shape index (κ2) is 5.16. The third kappa shape index (κ3) is 2.07. The van der Waals surface area contributed by atoms with Crippen LogP contribution in [0.2, 0.25) is 5.02 Å². The van der Waals surface area contributed by atoms with Crippen molar-refractivity contribution in [2.24, 2.45) is 0 Å². The number of benzene rings is 1. The van der Waals surface area contributed by atoms with Crippen LogP contribution in [0.15, 0.2) is 24.3 Å². The number of aromatic nitrogens is 2. The number of aryl methyl sites for hydroxylation is 1. The number of hydrogen-bond acceptors (Lipinski definition) is 2. The summed E-state index contributed by atoms with van der Waals surface area (Å²) >= 11 is 6.17. The van der Waals surface area contributed by atoms with Gasteiger partial charge in [0.2, 0.25) is 0 Å². The van der Waals surface area contributed by atoms with Gasteiger partial charge in [-0.25, -0.2) is 4.98 Å². The molecule has 0 unspecified atom stereocenters. The molecule has 18 heavy (non-hydrogen) atoms. The average molecular weight is 260 g/mol. The second-order valence-electron chi connectivity index (χ2n) is 3.89. The highest BCUT2D eigenvalue weighted by molar-refractivity contribution is 6.33. The Labute approximate surface area is 112 Å². The molecule has 2 rings (SSSR count). The van der Waals surface area contributed by atoms with Gasteiger partial charge in [0.05, 0.1) is 11.6 Å². The van der Waals surface area contributed by atoms with Crippen LogP contribution in [0.4, 0.5) is 5.82 Å². The van der Waals surface area contributed by atoms with Gasteiger partial charge in [0, 0.05) is 12.0 Å². The lowest BCUT2D eigenvalue weighted by Crippen LogP contribution is -2.05. The van der Waals surface area contributed by atoms with E-state index >= 15 is 0 Å². The monoisotopic (exact) mass is 259 g/mol. The zero-order valence-electron chi connectivity index (χ0n) is 10.2. The fourth-order valence-corrected chi connectivity index (χ4v) is 2.13. The normalized spacial score (nSPS) is 10.3. The van der Waals surface area contributed by atoms with Crippen LogP contribution in [0.5, 0.6) is 0 Å². The lowest BCUT2D eigenvalue weighted by molar-refractivity contribution is 0.769. The number of hydrogen-bond donors (Lipinski definition) is 1. The molecule has 4 heteroatoms. The van der Waals surface area contributed by atoms with E-state index in [1.165, 1.54) is 0 Å². The van der Waals surface area contributed by atoms with Crippen LogP contribution in [0.1, 0.15) is 12.7 Å². The smallest absolute Gasteiger partial charge is 0.132 e. The van der Waals surface area contributed by atoms with E-state index in [2.05, 4.69) is 10.9 Å². The molecule has 2 aromatic rings. The Morgan fingerprint density at radius 1 is 1.44 bits per heavy atom. The van der Waals surface area contributed by atoms with E-state index in [9.17, 15) is 0 Å². The number of imidazole rings is 1. The number of anilines is 1. The summed E-state index contributed by atoms with van der Waals surface area (Å²) < 4.78 is 1.85. The zero-order chi connectivity index (χ0) is 13.1. The maximum absolute atomic E-state index is 6.17. The lowest BCUT2D eigenvalue weighted by atomic mass is 10.1. The first-order valence-corrected chi connectivity index (χ1v) is 6.10. The van der Waals surface area contributed by atoms with E-state index in [0.717, 1.165) is 17.8 Å². The molecule has 0 amide bonds. The molecule has 0 aliphatic heterocycles. The predicted octanol–water partition coefficient (Wildman–Crippen LogP) is 2.98. The van der Waals surface area contributed by atoms with Crippen LogP contribution in [-0.4, -0.2) is 9.55 Å². The molecule has 3 nitrogen and oxygen atoms in total. The van der Waals surface area contributed by atoms with E-state index in [-0.39, 0.29) is 0 Å². The summed E-state index contributed by atoms with van der Waals surface area (Å²) in [6, 6.07) is 7.51. The highest BCUT2D eigenvalue weighted by atomic mass is 35.5. The molecule has 0 saturated heterocycles. The minimum absolute atomic E-state index is 0.423. The third-order valence-electron chi connectivity index (χ3n) is 2.78. The first-order chi connectivity index (χ1) is 8.69. The summed E-state index contributed by atoms with van der Waals surface area (Å²) in [4.78, 5) is 4.54. The van der Waals surface area contributed by atoms with Gasteiger partial charge in [0.15, 0.2) is 0 Å². The Morgan fingerprint density at radius 3 is 2.78 bits per heavy atom. The standard InChI is InChI=1S/C14H14ClN3/c1-3-9-18-12(4-2)17-13(14(18)16)10-7-5-6-8-11(10)15/h1,5-8H,4,9,16H2,2H3. The number of nitrogens with zero attached hydrogens (tertiary/aromatic N) is 2. The first kappa shape index (κ1) is 12.5. The van der Waals surface area contributed by atoms with Crippen LogP contribution in [-0.2, 0) is 13.0 Å². The molecule has 0 aliphatic rings. The predicted molar refractivity (Wildman–Crippen MR) is 75.3 cm³/mol. The van der Waals surface area contributed by atoms with E-state index in [0.29, 0.717) is 23.1 Å². The van der Waals surface area contributed by atoms with Gasteiger partial charge in [0.1, 0.15) is 17.3 Å². The number of nitrogens with two attached hydrogens (primary N) is 1. The summed E-state index contributed by atoms with van der Waals surface area (Å²) in [5.41, 5.74) is 7.65. The summed E-state index contributed by atoms with van der Waals surface area (Å²) in [7, 11) is 0.